The summed E-state index contributed by atoms with van der Waals surface area (Å²) in [4.78, 5) is 10.3. The highest BCUT2D eigenvalue weighted by molar-refractivity contribution is 9.10. The normalized spacial score (nSPS) is 9.95. The number of hydrogen-bond donors (Lipinski definition) is 0. The van der Waals surface area contributed by atoms with Crippen molar-refractivity contribution in [3.05, 3.63) is 40.3 Å². The molecule has 0 unspecified atom stereocenters. The maximum atomic E-state index is 8.97. The lowest BCUT2D eigenvalue weighted by molar-refractivity contribution is 0.412. The molecule has 2 aromatic rings. The fourth-order valence-electron chi connectivity index (χ4n) is 1.78. The van der Waals surface area contributed by atoms with Gasteiger partial charge in [0.05, 0.1) is 11.6 Å². The Morgan fingerprint density at radius 1 is 1.30 bits per heavy atom. The van der Waals surface area contributed by atoms with Crippen LogP contribution in [0.2, 0.25) is 0 Å². The number of anilines is 2. The number of nitriles is 1. The van der Waals surface area contributed by atoms with Crippen LogP contribution in [-0.4, -0.2) is 24.1 Å². The standard InChI is InChI=1S/C14H13BrN4O/c1-9-17-10(8-16)6-14(18-9)19(2)11-4-5-13(20-3)12(15)7-11/h4-7H,1-3H3. The van der Waals surface area contributed by atoms with Gasteiger partial charge in [0.1, 0.15) is 29.2 Å². The molecule has 0 saturated carbocycles. The van der Waals surface area contributed by atoms with Gasteiger partial charge in [0.2, 0.25) is 0 Å². The molecule has 0 spiro atoms. The molecule has 0 saturated heterocycles. The molecule has 0 fully saturated rings. The quantitative estimate of drug-likeness (QED) is 0.863. The van der Waals surface area contributed by atoms with Crippen molar-refractivity contribution in [2.24, 2.45) is 0 Å². The van der Waals surface area contributed by atoms with Gasteiger partial charge in [-0.05, 0) is 41.1 Å². The molecule has 20 heavy (non-hydrogen) atoms. The van der Waals surface area contributed by atoms with Gasteiger partial charge in [-0.1, -0.05) is 0 Å². The maximum absolute atomic E-state index is 8.97. The van der Waals surface area contributed by atoms with Gasteiger partial charge < -0.3 is 9.64 Å². The molecule has 1 heterocycles. The molecule has 0 radical (unpaired) electrons. The highest BCUT2D eigenvalue weighted by Crippen LogP contribution is 2.31. The van der Waals surface area contributed by atoms with Crippen molar-refractivity contribution in [3.63, 3.8) is 0 Å². The van der Waals surface area contributed by atoms with Crippen molar-refractivity contribution in [2.75, 3.05) is 19.1 Å². The van der Waals surface area contributed by atoms with E-state index in [1.54, 1.807) is 20.1 Å². The van der Waals surface area contributed by atoms with E-state index >= 15 is 0 Å². The van der Waals surface area contributed by atoms with Gasteiger partial charge in [0, 0.05) is 18.8 Å². The van der Waals surface area contributed by atoms with Gasteiger partial charge in [0.25, 0.3) is 0 Å². The van der Waals surface area contributed by atoms with Gasteiger partial charge in [-0.3, -0.25) is 0 Å². The van der Waals surface area contributed by atoms with Crippen LogP contribution >= 0.6 is 15.9 Å². The molecule has 6 heteroatoms. The zero-order valence-electron chi connectivity index (χ0n) is 11.4. The summed E-state index contributed by atoms with van der Waals surface area (Å²) in [6.07, 6.45) is 0. The minimum atomic E-state index is 0.354. The number of benzene rings is 1. The maximum Gasteiger partial charge on any atom is 0.146 e. The van der Waals surface area contributed by atoms with E-state index in [1.165, 1.54) is 0 Å². The smallest absolute Gasteiger partial charge is 0.146 e. The molecule has 0 bridgehead atoms. The Balaban J connectivity index is 2.41. The van der Waals surface area contributed by atoms with E-state index in [0.717, 1.165) is 15.9 Å². The SMILES string of the molecule is COc1ccc(N(C)c2cc(C#N)nc(C)n2)cc1Br. The van der Waals surface area contributed by atoms with Crippen molar-refractivity contribution >= 4 is 27.4 Å². The first-order valence-corrected chi connectivity index (χ1v) is 6.67. The lowest BCUT2D eigenvalue weighted by Crippen LogP contribution is -2.12. The molecule has 5 nitrogen and oxygen atoms in total. The largest absolute Gasteiger partial charge is 0.496 e. The predicted octanol–water partition coefficient (Wildman–Crippen LogP) is 3.20. The third-order valence-electron chi connectivity index (χ3n) is 2.81. The van der Waals surface area contributed by atoms with Crippen molar-refractivity contribution in [1.29, 1.82) is 5.26 Å². The van der Waals surface area contributed by atoms with Crippen LogP contribution in [0.4, 0.5) is 11.5 Å². The summed E-state index contributed by atoms with van der Waals surface area (Å²) in [5, 5.41) is 8.97. The molecule has 0 amide bonds. The van der Waals surface area contributed by atoms with Crippen molar-refractivity contribution < 1.29 is 4.74 Å². The van der Waals surface area contributed by atoms with Crippen LogP contribution < -0.4 is 9.64 Å². The molecule has 0 atom stereocenters. The highest BCUT2D eigenvalue weighted by atomic mass is 79.9. The van der Waals surface area contributed by atoms with Crippen LogP contribution in [0.15, 0.2) is 28.7 Å². The first kappa shape index (κ1) is 14.3. The van der Waals surface area contributed by atoms with Gasteiger partial charge >= 0.3 is 0 Å². The van der Waals surface area contributed by atoms with Gasteiger partial charge in [-0.2, -0.15) is 5.26 Å². The number of ether oxygens (including phenoxy) is 1. The van der Waals surface area contributed by atoms with Crippen molar-refractivity contribution in [2.45, 2.75) is 6.92 Å². The Morgan fingerprint density at radius 2 is 2.05 bits per heavy atom. The number of nitrogens with zero attached hydrogens (tertiary/aromatic N) is 4. The number of halogens is 1. The first-order valence-electron chi connectivity index (χ1n) is 5.88. The Labute approximate surface area is 126 Å². The average molecular weight is 333 g/mol. The molecular weight excluding hydrogens is 320 g/mol. The summed E-state index contributed by atoms with van der Waals surface area (Å²) < 4.78 is 6.06. The number of rotatable bonds is 3. The fourth-order valence-corrected chi connectivity index (χ4v) is 2.31. The zero-order chi connectivity index (χ0) is 14.7. The van der Waals surface area contributed by atoms with E-state index in [1.807, 2.05) is 36.2 Å². The van der Waals surface area contributed by atoms with E-state index in [4.69, 9.17) is 10.00 Å². The monoisotopic (exact) mass is 332 g/mol. The summed E-state index contributed by atoms with van der Waals surface area (Å²) in [5.74, 6) is 2.00. The number of methoxy groups -OCH3 is 1. The van der Waals surface area contributed by atoms with Crippen LogP contribution in [-0.2, 0) is 0 Å². The summed E-state index contributed by atoms with van der Waals surface area (Å²) >= 11 is 3.45. The molecule has 0 N–H and O–H groups in total. The summed E-state index contributed by atoms with van der Waals surface area (Å²) in [6, 6.07) is 9.42. The second kappa shape index (κ2) is 5.88. The van der Waals surface area contributed by atoms with Gasteiger partial charge in [0.15, 0.2) is 0 Å². The Hall–Kier alpha value is -2.13. The minimum absolute atomic E-state index is 0.354. The molecule has 0 aliphatic heterocycles. The van der Waals surface area contributed by atoms with Crippen LogP contribution in [0.3, 0.4) is 0 Å². The predicted molar refractivity (Wildman–Crippen MR) is 80.2 cm³/mol. The fraction of sp³-hybridized carbons (Fsp3) is 0.214. The number of aromatic nitrogens is 2. The Morgan fingerprint density at radius 3 is 2.65 bits per heavy atom. The van der Waals surface area contributed by atoms with Crippen LogP contribution in [0.1, 0.15) is 11.5 Å². The first-order chi connectivity index (χ1) is 9.55. The van der Waals surface area contributed by atoms with Gasteiger partial charge in [-0.25, -0.2) is 9.97 Å². The molecule has 1 aromatic heterocycles. The molecule has 0 aliphatic rings. The minimum Gasteiger partial charge on any atom is -0.496 e. The van der Waals surface area contributed by atoms with E-state index in [2.05, 4.69) is 25.9 Å². The Kier molecular flexibility index (Phi) is 4.20. The molecule has 0 aliphatic carbocycles. The van der Waals surface area contributed by atoms with Gasteiger partial charge in [-0.15, -0.1) is 0 Å². The van der Waals surface area contributed by atoms with Crippen LogP contribution in [0.5, 0.6) is 5.75 Å². The highest BCUT2D eigenvalue weighted by Gasteiger charge is 2.10. The van der Waals surface area contributed by atoms with E-state index in [9.17, 15) is 0 Å². The number of hydrogen-bond acceptors (Lipinski definition) is 5. The van der Waals surface area contributed by atoms with E-state index < -0.39 is 0 Å². The lowest BCUT2D eigenvalue weighted by Gasteiger charge is -2.19. The summed E-state index contributed by atoms with van der Waals surface area (Å²) in [6.45, 7) is 1.77. The van der Waals surface area contributed by atoms with E-state index in [-0.39, 0.29) is 0 Å². The van der Waals surface area contributed by atoms with Crippen LogP contribution in [0, 0.1) is 18.3 Å². The second-order valence-electron chi connectivity index (χ2n) is 4.15. The molecular formula is C14H13BrN4O. The second-order valence-corrected chi connectivity index (χ2v) is 5.00. The summed E-state index contributed by atoms with van der Waals surface area (Å²) in [5.41, 5.74) is 1.28. The summed E-state index contributed by atoms with van der Waals surface area (Å²) in [7, 11) is 3.51. The number of aryl methyl sites for hydroxylation is 1. The lowest BCUT2D eigenvalue weighted by atomic mass is 10.2. The topological polar surface area (TPSA) is 62.0 Å². The third-order valence-corrected chi connectivity index (χ3v) is 3.43. The van der Waals surface area contributed by atoms with Crippen LogP contribution in [0.25, 0.3) is 0 Å². The molecule has 102 valence electrons. The Bertz CT molecular complexity index is 681. The van der Waals surface area contributed by atoms with Crippen molar-refractivity contribution in [3.8, 4) is 11.8 Å². The third kappa shape index (κ3) is 2.89. The van der Waals surface area contributed by atoms with Crippen molar-refractivity contribution in [1.82, 2.24) is 9.97 Å². The molecule has 1 aromatic carbocycles. The van der Waals surface area contributed by atoms with E-state index in [0.29, 0.717) is 17.3 Å². The zero-order valence-corrected chi connectivity index (χ0v) is 13.0. The average Bonchev–Trinajstić information content (AvgIpc) is 2.45. The molecule has 2 rings (SSSR count).